The summed E-state index contributed by atoms with van der Waals surface area (Å²) in [6.45, 7) is 5.15. The largest absolute Gasteiger partial charge is 0.356 e. The van der Waals surface area contributed by atoms with Crippen LogP contribution in [-0.4, -0.2) is 31.5 Å². The van der Waals surface area contributed by atoms with Crippen molar-refractivity contribution in [1.82, 2.24) is 16.0 Å². The van der Waals surface area contributed by atoms with E-state index in [0.717, 1.165) is 17.0 Å². The lowest BCUT2D eigenvalue weighted by Gasteiger charge is -2.14. The van der Waals surface area contributed by atoms with Crippen molar-refractivity contribution in [3.63, 3.8) is 0 Å². The Bertz CT molecular complexity index is 505. The summed E-state index contributed by atoms with van der Waals surface area (Å²) < 4.78 is 0. The smallest absolute Gasteiger partial charge is 0.221 e. The number of hydrogen-bond acceptors (Lipinski definition) is 2. The molecule has 1 atom stereocenters. The lowest BCUT2D eigenvalue weighted by atomic mass is 10.2. The van der Waals surface area contributed by atoms with E-state index in [4.69, 9.17) is 11.6 Å². The second-order valence-electron chi connectivity index (χ2n) is 5.07. The molecule has 0 aliphatic heterocycles. The van der Waals surface area contributed by atoms with E-state index < -0.39 is 0 Å². The molecule has 0 saturated heterocycles. The molecule has 0 radical (unpaired) electrons. The van der Waals surface area contributed by atoms with Crippen LogP contribution in [0.15, 0.2) is 29.3 Å². The number of carbonyl (C=O) groups excluding carboxylic acids is 1. The number of benzene rings is 1. The van der Waals surface area contributed by atoms with Gasteiger partial charge in [0.1, 0.15) is 0 Å². The molecule has 0 fully saturated rings. The molecule has 0 aromatic heterocycles. The maximum absolute atomic E-state index is 11.7. The molecule has 1 rings (SSSR count). The van der Waals surface area contributed by atoms with Gasteiger partial charge in [0, 0.05) is 37.6 Å². The Balaban J connectivity index is 2.31. The zero-order valence-corrected chi connectivity index (χ0v) is 14.2. The van der Waals surface area contributed by atoms with Crippen LogP contribution in [0, 0.1) is 0 Å². The minimum Gasteiger partial charge on any atom is -0.356 e. The first-order valence-electron chi connectivity index (χ1n) is 7.54. The monoisotopic (exact) mass is 324 g/mol. The summed E-state index contributed by atoms with van der Waals surface area (Å²) in [5.41, 5.74) is 1.00. The fraction of sp³-hybridized carbons (Fsp3) is 0.500. The van der Waals surface area contributed by atoms with Crippen LogP contribution in [0.2, 0.25) is 5.02 Å². The predicted molar refractivity (Wildman–Crippen MR) is 92.2 cm³/mol. The molecule has 1 unspecified atom stereocenters. The highest BCUT2D eigenvalue weighted by Crippen LogP contribution is 2.14. The van der Waals surface area contributed by atoms with Crippen molar-refractivity contribution in [3.8, 4) is 0 Å². The van der Waals surface area contributed by atoms with Crippen LogP contribution in [-0.2, 0) is 11.3 Å². The summed E-state index contributed by atoms with van der Waals surface area (Å²) in [7, 11) is 1.70. The first-order valence-corrected chi connectivity index (χ1v) is 7.91. The SMILES string of the molecule is CCC(C)NC(=O)CCNC(=NC)NCc1ccccc1Cl. The second-order valence-corrected chi connectivity index (χ2v) is 5.48. The van der Waals surface area contributed by atoms with Crippen LogP contribution in [0.4, 0.5) is 0 Å². The number of rotatable bonds is 7. The van der Waals surface area contributed by atoms with Gasteiger partial charge in [-0.05, 0) is 25.0 Å². The zero-order valence-electron chi connectivity index (χ0n) is 13.4. The summed E-state index contributed by atoms with van der Waals surface area (Å²) in [4.78, 5) is 15.8. The lowest BCUT2D eigenvalue weighted by molar-refractivity contribution is -0.121. The van der Waals surface area contributed by atoms with Crippen LogP contribution in [0.25, 0.3) is 0 Å². The molecule has 1 aromatic rings. The van der Waals surface area contributed by atoms with Crippen LogP contribution in [0.5, 0.6) is 0 Å². The Kier molecular flexibility index (Phi) is 8.36. The summed E-state index contributed by atoms with van der Waals surface area (Å²) in [5.74, 6) is 0.694. The van der Waals surface area contributed by atoms with Crippen molar-refractivity contribution in [1.29, 1.82) is 0 Å². The third-order valence-corrected chi connectivity index (χ3v) is 3.66. The molecule has 0 saturated carbocycles. The lowest BCUT2D eigenvalue weighted by Crippen LogP contribution is -2.40. The summed E-state index contributed by atoms with van der Waals surface area (Å²) in [6, 6.07) is 7.87. The van der Waals surface area contributed by atoms with Crippen molar-refractivity contribution in [2.45, 2.75) is 39.3 Å². The summed E-state index contributed by atoms with van der Waals surface area (Å²) in [6.07, 6.45) is 1.34. The van der Waals surface area contributed by atoms with Gasteiger partial charge < -0.3 is 16.0 Å². The number of nitrogens with one attached hydrogen (secondary N) is 3. The fourth-order valence-corrected chi connectivity index (χ4v) is 1.99. The standard InChI is InChI=1S/C16H25ClN4O/c1-4-12(2)21-15(22)9-10-19-16(18-3)20-11-13-7-5-6-8-14(13)17/h5-8,12H,4,9-11H2,1-3H3,(H,21,22)(H2,18,19,20). The molecule has 0 bridgehead atoms. The van der Waals surface area contributed by atoms with Gasteiger partial charge in [-0.25, -0.2) is 0 Å². The van der Waals surface area contributed by atoms with Gasteiger partial charge in [0.2, 0.25) is 5.91 Å². The van der Waals surface area contributed by atoms with E-state index in [1.54, 1.807) is 7.05 Å². The predicted octanol–water partition coefficient (Wildman–Crippen LogP) is 2.31. The van der Waals surface area contributed by atoms with E-state index in [-0.39, 0.29) is 11.9 Å². The van der Waals surface area contributed by atoms with Crippen molar-refractivity contribution >= 4 is 23.5 Å². The molecule has 22 heavy (non-hydrogen) atoms. The Morgan fingerprint density at radius 2 is 2.05 bits per heavy atom. The third kappa shape index (κ3) is 6.80. The van der Waals surface area contributed by atoms with Crippen molar-refractivity contribution < 1.29 is 4.79 Å². The van der Waals surface area contributed by atoms with E-state index in [2.05, 4.69) is 20.9 Å². The number of aliphatic imine (C=N–C) groups is 1. The Hall–Kier alpha value is -1.75. The molecular formula is C16H25ClN4O. The highest BCUT2D eigenvalue weighted by molar-refractivity contribution is 6.31. The van der Waals surface area contributed by atoms with E-state index in [9.17, 15) is 4.79 Å². The fourth-order valence-electron chi connectivity index (χ4n) is 1.78. The highest BCUT2D eigenvalue weighted by atomic mass is 35.5. The van der Waals surface area contributed by atoms with E-state index in [1.165, 1.54) is 0 Å². The molecule has 5 nitrogen and oxygen atoms in total. The molecular weight excluding hydrogens is 300 g/mol. The third-order valence-electron chi connectivity index (χ3n) is 3.29. The zero-order chi connectivity index (χ0) is 16.4. The maximum Gasteiger partial charge on any atom is 0.221 e. The quantitative estimate of drug-likeness (QED) is 0.532. The normalized spacial score (nSPS) is 12.6. The molecule has 0 aliphatic carbocycles. The molecule has 1 aromatic carbocycles. The first kappa shape index (κ1) is 18.3. The first-order chi connectivity index (χ1) is 10.6. The van der Waals surface area contributed by atoms with Gasteiger partial charge >= 0.3 is 0 Å². The van der Waals surface area contributed by atoms with Crippen LogP contribution in [0.3, 0.4) is 0 Å². The van der Waals surface area contributed by atoms with Crippen molar-refractivity contribution in [3.05, 3.63) is 34.9 Å². The molecule has 0 spiro atoms. The van der Waals surface area contributed by atoms with Crippen LogP contribution < -0.4 is 16.0 Å². The topological polar surface area (TPSA) is 65.5 Å². The van der Waals surface area contributed by atoms with Crippen molar-refractivity contribution in [2.24, 2.45) is 4.99 Å². The second kappa shape index (κ2) is 10.1. The Labute approximate surface area is 137 Å². The summed E-state index contributed by atoms with van der Waals surface area (Å²) in [5, 5.41) is 9.94. The van der Waals surface area contributed by atoms with E-state index in [0.29, 0.717) is 25.5 Å². The molecule has 1 amide bonds. The number of nitrogens with zero attached hydrogens (tertiary/aromatic N) is 1. The van der Waals surface area contributed by atoms with Gasteiger partial charge in [-0.3, -0.25) is 9.79 Å². The molecule has 0 heterocycles. The van der Waals surface area contributed by atoms with Gasteiger partial charge in [-0.2, -0.15) is 0 Å². The van der Waals surface area contributed by atoms with Gasteiger partial charge in [-0.15, -0.1) is 0 Å². The number of amides is 1. The molecule has 122 valence electrons. The van der Waals surface area contributed by atoms with Crippen LogP contribution in [0.1, 0.15) is 32.3 Å². The van der Waals surface area contributed by atoms with Crippen molar-refractivity contribution in [2.75, 3.05) is 13.6 Å². The van der Waals surface area contributed by atoms with Crippen LogP contribution >= 0.6 is 11.6 Å². The van der Waals surface area contributed by atoms with E-state index in [1.807, 2.05) is 38.1 Å². The minimum absolute atomic E-state index is 0.0448. The average molecular weight is 325 g/mol. The average Bonchev–Trinajstić information content (AvgIpc) is 2.51. The number of carbonyl (C=O) groups is 1. The highest BCUT2D eigenvalue weighted by Gasteiger charge is 2.06. The van der Waals surface area contributed by atoms with Gasteiger partial charge in [-0.1, -0.05) is 36.7 Å². The molecule has 3 N–H and O–H groups in total. The number of hydrogen-bond donors (Lipinski definition) is 3. The number of halogens is 1. The van der Waals surface area contributed by atoms with Gasteiger partial charge in [0.25, 0.3) is 0 Å². The molecule has 0 aliphatic rings. The Morgan fingerprint density at radius 1 is 1.32 bits per heavy atom. The summed E-state index contributed by atoms with van der Waals surface area (Å²) >= 11 is 6.11. The number of guanidine groups is 1. The minimum atomic E-state index is 0.0448. The van der Waals surface area contributed by atoms with E-state index >= 15 is 0 Å². The Morgan fingerprint density at radius 3 is 2.68 bits per heavy atom. The molecule has 6 heteroatoms. The van der Waals surface area contributed by atoms with Gasteiger partial charge in [0.05, 0.1) is 0 Å². The maximum atomic E-state index is 11.7. The van der Waals surface area contributed by atoms with Gasteiger partial charge in [0.15, 0.2) is 5.96 Å².